The van der Waals surface area contributed by atoms with E-state index in [-0.39, 0.29) is 12.2 Å². The molecule has 0 aromatic heterocycles. The SMILES string of the molecule is O=C(NCC(O)C(O)c1ccc(OC(F)(F)C(F)(F)F)cc1)OCc1ccccc1. The molecule has 0 bridgehead atoms. The Morgan fingerprint density at radius 1 is 0.967 bits per heavy atom. The van der Waals surface area contributed by atoms with Crippen LogP contribution >= 0.6 is 0 Å². The monoisotopic (exact) mass is 435 g/mol. The van der Waals surface area contributed by atoms with Crippen molar-refractivity contribution >= 4 is 6.09 Å². The number of hydrogen-bond acceptors (Lipinski definition) is 5. The molecule has 11 heteroatoms. The molecule has 2 atom stereocenters. The van der Waals surface area contributed by atoms with Crippen molar-refractivity contribution in [2.75, 3.05) is 6.54 Å². The van der Waals surface area contributed by atoms with Gasteiger partial charge in [0, 0.05) is 6.54 Å². The van der Waals surface area contributed by atoms with Crippen LogP contribution in [0.2, 0.25) is 0 Å². The fraction of sp³-hybridized carbons (Fsp3) is 0.316. The number of hydrogen-bond donors (Lipinski definition) is 3. The first kappa shape index (κ1) is 23.4. The van der Waals surface area contributed by atoms with Crippen LogP contribution in [0.25, 0.3) is 0 Å². The fourth-order valence-electron chi connectivity index (χ4n) is 2.23. The predicted molar refractivity (Wildman–Crippen MR) is 93.7 cm³/mol. The molecule has 0 aliphatic heterocycles. The van der Waals surface area contributed by atoms with Gasteiger partial charge in [0.15, 0.2) is 0 Å². The zero-order chi connectivity index (χ0) is 22.4. The van der Waals surface area contributed by atoms with Crippen LogP contribution in [0.15, 0.2) is 54.6 Å². The van der Waals surface area contributed by atoms with Gasteiger partial charge in [-0.05, 0) is 23.3 Å². The van der Waals surface area contributed by atoms with Gasteiger partial charge in [-0.25, -0.2) is 4.79 Å². The minimum Gasteiger partial charge on any atom is -0.445 e. The van der Waals surface area contributed by atoms with Crippen molar-refractivity contribution < 1.29 is 46.4 Å². The van der Waals surface area contributed by atoms with Gasteiger partial charge in [-0.1, -0.05) is 42.5 Å². The lowest BCUT2D eigenvalue weighted by molar-refractivity contribution is -0.360. The largest absolute Gasteiger partial charge is 0.499 e. The Bertz CT molecular complexity index is 814. The Balaban J connectivity index is 1.83. The van der Waals surface area contributed by atoms with Crippen molar-refractivity contribution in [2.24, 2.45) is 0 Å². The number of rotatable bonds is 8. The summed E-state index contributed by atoms with van der Waals surface area (Å²) >= 11 is 0. The van der Waals surface area contributed by atoms with Crippen LogP contribution in [-0.4, -0.2) is 41.2 Å². The van der Waals surface area contributed by atoms with Crippen molar-refractivity contribution in [3.63, 3.8) is 0 Å². The number of alkyl halides is 5. The van der Waals surface area contributed by atoms with Crippen LogP contribution in [0.5, 0.6) is 5.75 Å². The minimum atomic E-state index is -5.89. The quantitative estimate of drug-likeness (QED) is 0.552. The summed E-state index contributed by atoms with van der Waals surface area (Å²) in [5.41, 5.74) is 0.747. The van der Waals surface area contributed by atoms with Gasteiger partial charge in [0.2, 0.25) is 0 Å². The topological polar surface area (TPSA) is 88.0 Å². The summed E-state index contributed by atoms with van der Waals surface area (Å²) in [7, 11) is 0. The molecule has 0 spiro atoms. The summed E-state index contributed by atoms with van der Waals surface area (Å²) in [5, 5.41) is 22.2. The summed E-state index contributed by atoms with van der Waals surface area (Å²) in [6.45, 7) is -0.408. The molecule has 3 N–H and O–H groups in total. The van der Waals surface area contributed by atoms with E-state index in [0.29, 0.717) is 0 Å². The van der Waals surface area contributed by atoms with E-state index in [2.05, 4.69) is 10.1 Å². The van der Waals surface area contributed by atoms with E-state index in [1.165, 1.54) is 0 Å². The molecule has 164 valence electrons. The van der Waals surface area contributed by atoms with Crippen LogP contribution < -0.4 is 10.1 Å². The third-order valence-corrected chi connectivity index (χ3v) is 3.83. The number of carbonyl (C=O) groups excluding carboxylic acids is 1. The number of aliphatic hydroxyl groups is 2. The lowest BCUT2D eigenvalue weighted by Gasteiger charge is -2.21. The Hall–Kier alpha value is -2.92. The number of alkyl carbamates (subject to hydrolysis) is 1. The molecule has 0 heterocycles. The van der Waals surface area contributed by atoms with Crippen LogP contribution in [-0.2, 0) is 11.3 Å². The highest BCUT2D eigenvalue weighted by molar-refractivity contribution is 5.67. The van der Waals surface area contributed by atoms with Gasteiger partial charge in [-0.2, -0.15) is 22.0 Å². The van der Waals surface area contributed by atoms with E-state index >= 15 is 0 Å². The van der Waals surface area contributed by atoms with Crippen LogP contribution in [0, 0.1) is 0 Å². The lowest BCUT2D eigenvalue weighted by atomic mass is 10.0. The summed E-state index contributed by atoms with van der Waals surface area (Å²) in [6, 6.07) is 12.4. The van der Waals surface area contributed by atoms with E-state index in [0.717, 1.165) is 29.8 Å². The summed E-state index contributed by atoms with van der Waals surface area (Å²) in [4.78, 5) is 11.6. The van der Waals surface area contributed by atoms with Crippen molar-refractivity contribution in [2.45, 2.75) is 31.1 Å². The number of aliphatic hydroxyl groups excluding tert-OH is 2. The van der Waals surface area contributed by atoms with E-state index < -0.39 is 42.9 Å². The van der Waals surface area contributed by atoms with Crippen molar-refractivity contribution in [1.29, 1.82) is 0 Å². The van der Waals surface area contributed by atoms with E-state index in [4.69, 9.17) is 4.74 Å². The second-order valence-electron chi connectivity index (χ2n) is 6.14. The summed E-state index contributed by atoms with van der Waals surface area (Å²) in [5.74, 6) is -0.787. The van der Waals surface area contributed by atoms with E-state index in [9.17, 15) is 37.0 Å². The van der Waals surface area contributed by atoms with Gasteiger partial charge in [0.05, 0.1) is 0 Å². The lowest BCUT2D eigenvalue weighted by Crippen LogP contribution is -2.41. The number of amides is 1. The molecule has 0 aliphatic rings. The van der Waals surface area contributed by atoms with Gasteiger partial charge in [0.25, 0.3) is 0 Å². The van der Waals surface area contributed by atoms with Gasteiger partial charge in [0.1, 0.15) is 24.6 Å². The van der Waals surface area contributed by atoms with E-state index in [1.54, 1.807) is 30.3 Å². The second-order valence-corrected chi connectivity index (χ2v) is 6.14. The number of ether oxygens (including phenoxy) is 2. The maximum atomic E-state index is 12.9. The number of nitrogens with one attached hydrogen (secondary N) is 1. The molecular weight excluding hydrogens is 417 g/mol. The maximum Gasteiger partial charge on any atom is 0.499 e. The first-order valence-electron chi connectivity index (χ1n) is 8.54. The van der Waals surface area contributed by atoms with Crippen LogP contribution in [0.1, 0.15) is 17.2 Å². The summed E-state index contributed by atoms with van der Waals surface area (Å²) < 4.78 is 70.7. The highest BCUT2D eigenvalue weighted by Gasteiger charge is 2.61. The molecule has 0 aliphatic carbocycles. The van der Waals surface area contributed by atoms with Crippen molar-refractivity contribution in [3.05, 3.63) is 65.7 Å². The minimum absolute atomic E-state index is 0.00429. The smallest absolute Gasteiger partial charge is 0.445 e. The van der Waals surface area contributed by atoms with E-state index in [1.807, 2.05) is 0 Å². The average Bonchev–Trinajstić information content (AvgIpc) is 2.70. The average molecular weight is 435 g/mol. The molecule has 0 saturated carbocycles. The Morgan fingerprint density at radius 3 is 2.13 bits per heavy atom. The van der Waals surface area contributed by atoms with Crippen molar-refractivity contribution in [3.8, 4) is 5.75 Å². The van der Waals surface area contributed by atoms with Gasteiger partial charge in [-0.15, -0.1) is 0 Å². The number of carbonyl (C=O) groups is 1. The molecule has 0 fully saturated rings. The normalized spacial score (nSPS) is 14.0. The zero-order valence-corrected chi connectivity index (χ0v) is 15.3. The van der Waals surface area contributed by atoms with Gasteiger partial charge in [-0.3, -0.25) is 0 Å². The molecular formula is C19H18F5NO5. The van der Waals surface area contributed by atoms with Crippen LogP contribution in [0.3, 0.4) is 0 Å². The number of halogens is 5. The Labute approximate surface area is 167 Å². The predicted octanol–water partition coefficient (Wildman–Crippen LogP) is 3.54. The second kappa shape index (κ2) is 9.72. The molecule has 1 amide bonds. The molecule has 2 rings (SSSR count). The highest BCUT2D eigenvalue weighted by atomic mass is 19.4. The van der Waals surface area contributed by atoms with Gasteiger partial charge < -0.3 is 25.0 Å². The molecule has 0 saturated heterocycles. The summed E-state index contributed by atoms with van der Waals surface area (Å²) in [6.07, 6.45) is -15.2. The highest BCUT2D eigenvalue weighted by Crippen LogP contribution is 2.37. The molecule has 6 nitrogen and oxygen atoms in total. The molecule has 30 heavy (non-hydrogen) atoms. The third kappa shape index (κ3) is 6.56. The Morgan fingerprint density at radius 2 is 1.57 bits per heavy atom. The van der Waals surface area contributed by atoms with Crippen molar-refractivity contribution in [1.82, 2.24) is 5.32 Å². The first-order valence-corrected chi connectivity index (χ1v) is 8.54. The molecule has 2 aromatic carbocycles. The molecule has 2 unspecified atom stereocenters. The van der Waals surface area contributed by atoms with Gasteiger partial charge >= 0.3 is 18.4 Å². The fourth-order valence-corrected chi connectivity index (χ4v) is 2.23. The molecule has 0 radical (unpaired) electrons. The first-order chi connectivity index (χ1) is 14.0. The third-order valence-electron chi connectivity index (χ3n) is 3.83. The maximum absolute atomic E-state index is 12.9. The standard InChI is InChI=1S/C19H18F5NO5/c20-18(21,22)19(23,24)30-14-8-6-13(7-9-14)16(27)15(26)10-25-17(28)29-11-12-4-2-1-3-5-12/h1-9,15-16,26-27H,10-11H2,(H,25,28). The molecule has 2 aromatic rings. The number of benzene rings is 2. The zero-order valence-electron chi connectivity index (χ0n) is 15.3. The Kier molecular flexibility index (Phi) is 7.57. The van der Waals surface area contributed by atoms with Crippen LogP contribution in [0.4, 0.5) is 26.7 Å².